The Morgan fingerprint density at radius 1 is 1.40 bits per heavy atom. The van der Waals surface area contributed by atoms with Crippen molar-refractivity contribution in [2.24, 2.45) is 16.8 Å². The van der Waals surface area contributed by atoms with E-state index in [0.717, 1.165) is 30.9 Å². The molecule has 3 heteroatoms. The fourth-order valence-electron chi connectivity index (χ4n) is 1.78. The van der Waals surface area contributed by atoms with Crippen molar-refractivity contribution in [2.45, 2.75) is 45.6 Å². The molecule has 0 amide bonds. The Balaban J connectivity index is 1.70. The minimum Gasteiger partial charge on any atom is -0.357 e. The molecule has 2 rings (SSSR count). The lowest BCUT2D eigenvalue weighted by atomic mass is 10.3. The van der Waals surface area contributed by atoms with Crippen molar-refractivity contribution in [2.75, 3.05) is 13.1 Å². The second-order valence-electron chi connectivity index (χ2n) is 4.96. The molecular formula is C12H23N3. The summed E-state index contributed by atoms with van der Waals surface area (Å²) in [5.41, 5.74) is 0. The normalized spacial score (nSPS) is 30.1. The highest BCUT2D eigenvalue weighted by Crippen LogP contribution is 2.32. The smallest absolute Gasteiger partial charge is 0.191 e. The minimum atomic E-state index is 0.670. The van der Waals surface area contributed by atoms with Crippen LogP contribution in [-0.4, -0.2) is 25.1 Å². The molecule has 2 saturated carbocycles. The van der Waals surface area contributed by atoms with E-state index in [-0.39, 0.29) is 0 Å². The van der Waals surface area contributed by atoms with Gasteiger partial charge in [0, 0.05) is 19.1 Å². The van der Waals surface area contributed by atoms with Gasteiger partial charge in [0.15, 0.2) is 5.96 Å². The van der Waals surface area contributed by atoms with Crippen LogP contribution >= 0.6 is 0 Å². The van der Waals surface area contributed by atoms with Crippen molar-refractivity contribution < 1.29 is 0 Å². The summed E-state index contributed by atoms with van der Waals surface area (Å²) in [6.45, 7) is 6.34. The topological polar surface area (TPSA) is 36.4 Å². The quantitative estimate of drug-likeness (QED) is 0.534. The fraction of sp³-hybridized carbons (Fsp3) is 0.917. The third-order valence-electron chi connectivity index (χ3n) is 3.28. The van der Waals surface area contributed by atoms with Crippen LogP contribution in [0.1, 0.15) is 39.5 Å². The standard InChI is InChI=1S/C12H23N3/c1-3-13-12(15-11-8-9(11)2)14-7-6-10-4-5-10/h9-11H,3-8H2,1-2H3,(H2,13,14,15). The lowest BCUT2D eigenvalue weighted by Crippen LogP contribution is -2.39. The molecule has 2 aliphatic rings. The van der Waals surface area contributed by atoms with E-state index in [1.165, 1.54) is 25.7 Å². The number of nitrogens with zero attached hydrogens (tertiary/aromatic N) is 1. The van der Waals surface area contributed by atoms with E-state index in [1.54, 1.807) is 0 Å². The van der Waals surface area contributed by atoms with Crippen molar-refractivity contribution >= 4 is 5.96 Å². The maximum atomic E-state index is 4.60. The number of aliphatic imine (C=N–C) groups is 1. The van der Waals surface area contributed by atoms with Crippen molar-refractivity contribution in [3.8, 4) is 0 Å². The average molecular weight is 209 g/mol. The minimum absolute atomic E-state index is 0.670. The Morgan fingerprint density at radius 2 is 2.13 bits per heavy atom. The largest absolute Gasteiger partial charge is 0.357 e. The van der Waals surface area contributed by atoms with E-state index in [9.17, 15) is 0 Å². The zero-order chi connectivity index (χ0) is 10.7. The summed E-state index contributed by atoms with van der Waals surface area (Å²) in [6.07, 6.45) is 5.43. The molecule has 0 aromatic heterocycles. The second-order valence-corrected chi connectivity index (χ2v) is 4.96. The molecule has 2 atom stereocenters. The van der Waals surface area contributed by atoms with Gasteiger partial charge in [0.05, 0.1) is 0 Å². The van der Waals surface area contributed by atoms with Gasteiger partial charge in [0.1, 0.15) is 0 Å². The SMILES string of the molecule is CCNC(=NCCC1CC1)NC1CC1C. The van der Waals surface area contributed by atoms with Crippen LogP contribution in [0.4, 0.5) is 0 Å². The molecule has 2 unspecified atom stereocenters. The van der Waals surface area contributed by atoms with Gasteiger partial charge < -0.3 is 10.6 Å². The summed E-state index contributed by atoms with van der Waals surface area (Å²) in [5, 5.41) is 6.78. The van der Waals surface area contributed by atoms with Crippen LogP contribution in [0.25, 0.3) is 0 Å². The van der Waals surface area contributed by atoms with Gasteiger partial charge in [-0.25, -0.2) is 0 Å². The van der Waals surface area contributed by atoms with E-state index in [4.69, 9.17) is 0 Å². The molecule has 0 aromatic rings. The van der Waals surface area contributed by atoms with Crippen LogP contribution in [0.5, 0.6) is 0 Å². The summed E-state index contributed by atoms with van der Waals surface area (Å²) in [7, 11) is 0. The molecule has 15 heavy (non-hydrogen) atoms. The van der Waals surface area contributed by atoms with Crippen molar-refractivity contribution in [1.82, 2.24) is 10.6 Å². The van der Waals surface area contributed by atoms with Crippen LogP contribution in [0, 0.1) is 11.8 Å². The monoisotopic (exact) mass is 209 g/mol. The predicted molar refractivity (Wildman–Crippen MR) is 64.0 cm³/mol. The van der Waals surface area contributed by atoms with Crippen LogP contribution in [0.15, 0.2) is 4.99 Å². The van der Waals surface area contributed by atoms with Gasteiger partial charge in [0.25, 0.3) is 0 Å². The molecule has 0 aliphatic heterocycles. The van der Waals surface area contributed by atoms with Gasteiger partial charge in [-0.3, -0.25) is 4.99 Å². The van der Waals surface area contributed by atoms with E-state index < -0.39 is 0 Å². The summed E-state index contributed by atoms with van der Waals surface area (Å²) >= 11 is 0. The Morgan fingerprint density at radius 3 is 2.67 bits per heavy atom. The van der Waals surface area contributed by atoms with Crippen molar-refractivity contribution in [1.29, 1.82) is 0 Å². The van der Waals surface area contributed by atoms with Crippen molar-refractivity contribution in [3.63, 3.8) is 0 Å². The predicted octanol–water partition coefficient (Wildman–Crippen LogP) is 1.75. The van der Waals surface area contributed by atoms with Gasteiger partial charge in [-0.05, 0) is 31.6 Å². The molecule has 0 heterocycles. The first kappa shape index (κ1) is 10.8. The Bertz CT molecular complexity index is 233. The van der Waals surface area contributed by atoms with Gasteiger partial charge in [-0.2, -0.15) is 0 Å². The van der Waals surface area contributed by atoms with Crippen LogP contribution in [0.3, 0.4) is 0 Å². The van der Waals surface area contributed by atoms with E-state index in [0.29, 0.717) is 6.04 Å². The Labute approximate surface area is 92.7 Å². The molecular weight excluding hydrogens is 186 g/mol. The highest BCUT2D eigenvalue weighted by molar-refractivity contribution is 5.80. The molecule has 3 nitrogen and oxygen atoms in total. The summed E-state index contributed by atoms with van der Waals surface area (Å²) < 4.78 is 0. The molecule has 0 saturated heterocycles. The molecule has 2 aliphatic carbocycles. The molecule has 0 spiro atoms. The Kier molecular flexibility index (Phi) is 3.49. The number of guanidine groups is 1. The molecule has 0 aromatic carbocycles. The lowest BCUT2D eigenvalue weighted by molar-refractivity contribution is 0.718. The van der Waals surface area contributed by atoms with Crippen LogP contribution < -0.4 is 10.6 Å². The number of hydrogen-bond acceptors (Lipinski definition) is 1. The average Bonchev–Trinajstić information content (AvgIpc) is 3.07. The van der Waals surface area contributed by atoms with Gasteiger partial charge in [-0.15, -0.1) is 0 Å². The first-order valence-electron chi connectivity index (χ1n) is 6.34. The van der Waals surface area contributed by atoms with E-state index in [1.807, 2.05) is 0 Å². The summed E-state index contributed by atoms with van der Waals surface area (Å²) in [4.78, 5) is 4.60. The highest BCUT2D eigenvalue weighted by Gasteiger charge is 2.33. The first-order valence-corrected chi connectivity index (χ1v) is 6.34. The molecule has 2 N–H and O–H groups in total. The summed E-state index contributed by atoms with van der Waals surface area (Å²) in [6, 6.07) is 0.670. The van der Waals surface area contributed by atoms with Crippen LogP contribution in [-0.2, 0) is 0 Å². The molecule has 86 valence electrons. The zero-order valence-corrected chi connectivity index (χ0v) is 9.92. The van der Waals surface area contributed by atoms with Gasteiger partial charge in [-0.1, -0.05) is 19.8 Å². The third kappa shape index (κ3) is 3.73. The second kappa shape index (κ2) is 4.86. The van der Waals surface area contributed by atoms with E-state index in [2.05, 4.69) is 29.5 Å². The third-order valence-corrected chi connectivity index (χ3v) is 3.28. The molecule has 0 radical (unpaired) electrons. The van der Waals surface area contributed by atoms with Crippen LogP contribution in [0.2, 0.25) is 0 Å². The number of rotatable bonds is 5. The number of nitrogens with one attached hydrogen (secondary N) is 2. The highest BCUT2D eigenvalue weighted by atomic mass is 15.2. The molecule has 0 bridgehead atoms. The lowest BCUT2D eigenvalue weighted by Gasteiger charge is -2.10. The molecule has 2 fully saturated rings. The zero-order valence-electron chi connectivity index (χ0n) is 9.92. The maximum absolute atomic E-state index is 4.60. The van der Waals surface area contributed by atoms with Gasteiger partial charge >= 0.3 is 0 Å². The fourth-order valence-corrected chi connectivity index (χ4v) is 1.78. The summed E-state index contributed by atoms with van der Waals surface area (Å²) in [5.74, 6) is 2.83. The van der Waals surface area contributed by atoms with E-state index >= 15 is 0 Å². The maximum Gasteiger partial charge on any atom is 0.191 e. The van der Waals surface area contributed by atoms with Crippen molar-refractivity contribution in [3.05, 3.63) is 0 Å². The first-order chi connectivity index (χ1) is 7.29. The number of hydrogen-bond donors (Lipinski definition) is 2. The Hall–Kier alpha value is -0.730. The van der Waals surface area contributed by atoms with Gasteiger partial charge in [0.2, 0.25) is 0 Å².